The molecule has 0 radical (unpaired) electrons. The maximum atomic E-state index is 13.0. The monoisotopic (exact) mass is 513 g/mol. The number of carbonyl (C=O) groups excluding carboxylic acids is 2. The molecule has 0 spiro atoms. The third kappa shape index (κ3) is 4.05. The number of rotatable bonds is 5. The number of hydrogen-bond donors (Lipinski definition) is 0. The van der Waals surface area contributed by atoms with Crippen LogP contribution in [0.3, 0.4) is 0 Å². The topological polar surface area (TPSA) is 48.3 Å². The van der Waals surface area contributed by atoms with E-state index in [2.05, 4.69) is 42.5 Å². The predicted octanol–water partition coefficient (Wildman–Crippen LogP) is 4.95. The molecule has 0 N–H and O–H groups in total. The zero-order chi connectivity index (χ0) is 23.7. The van der Waals surface area contributed by atoms with E-state index in [4.69, 9.17) is 4.74 Å². The van der Waals surface area contributed by atoms with E-state index in [0.29, 0.717) is 12.2 Å². The summed E-state index contributed by atoms with van der Waals surface area (Å²) in [5.41, 5.74) is 3.04. The Hall–Kier alpha value is -3.66. The molecule has 4 aromatic carbocycles. The Morgan fingerprint density at radius 1 is 0.853 bits per heavy atom. The average Bonchev–Trinajstić information content (AvgIpc) is 3.18. The van der Waals surface area contributed by atoms with Crippen molar-refractivity contribution in [2.75, 3.05) is 6.61 Å². The molecule has 0 saturated carbocycles. The molecule has 168 valence electrons. The van der Waals surface area contributed by atoms with Crippen molar-refractivity contribution in [2.24, 2.45) is 0 Å². The van der Waals surface area contributed by atoms with Gasteiger partial charge in [-0.2, -0.15) is 0 Å². The van der Waals surface area contributed by atoms with E-state index in [1.54, 1.807) is 30.5 Å². The van der Waals surface area contributed by atoms with Crippen molar-refractivity contribution >= 4 is 57.4 Å². The molecule has 0 fully saturated rings. The third-order valence-corrected chi connectivity index (χ3v) is 8.09. The first-order valence-electron chi connectivity index (χ1n) is 11.2. The quantitative estimate of drug-likeness (QED) is 0.247. The molecule has 5 rings (SSSR count). The van der Waals surface area contributed by atoms with Crippen molar-refractivity contribution in [3.05, 3.63) is 96.6 Å². The van der Waals surface area contributed by atoms with Gasteiger partial charge in [-0.15, -0.1) is 0 Å². The first kappa shape index (κ1) is 22.1. The van der Waals surface area contributed by atoms with Gasteiger partial charge in [0.1, 0.15) is 0 Å². The first-order chi connectivity index (χ1) is 16.6. The zero-order valence-corrected chi connectivity index (χ0v) is 20.7. The minimum absolute atomic E-state index is 0.0490. The van der Waals surface area contributed by atoms with Gasteiger partial charge in [-0.1, -0.05) is 0 Å². The van der Waals surface area contributed by atoms with Crippen molar-refractivity contribution in [2.45, 2.75) is 13.8 Å². The Morgan fingerprint density at radius 3 is 2.32 bits per heavy atom. The van der Waals surface area contributed by atoms with Gasteiger partial charge in [0.2, 0.25) is 0 Å². The Morgan fingerprint density at radius 2 is 1.59 bits per heavy atom. The second-order valence-electron chi connectivity index (χ2n) is 7.96. The molecule has 1 aromatic heterocycles. The molecule has 1 heterocycles. The number of esters is 1. The van der Waals surface area contributed by atoms with Gasteiger partial charge in [0.25, 0.3) is 0 Å². The van der Waals surface area contributed by atoms with E-state index in [1.807, 2.05) is 36.4 Å². The van der Waals surface area contributed by atoms with Gasteiger partial charge in [-0.05, 0) is 0 Å². The number of ether oxygens (including phenoxy) is 1. The number of benzene rings is 4. The zero-order valence-electron chi connectivity index (χ0n) is 18.9. The van der Waals surface area contributed by atoms with Gasteiger partial charge < -0.3 is 0 Å². The van der Waals surface area contributed by atoms with E-state index >= 15 is 0 Å². The second kappa shape index (κ2) is 9.30. The first-order valence-corrected chi connectivity index (χ1v) is 12.9. The number of aromatic nitrogens is 1. The Balaban J connectivity index is 1.81. The molecular formula is C29H23NO3Se. The average molecular weight is 512 g/mol. The van der Waals surface area contributed by atoms with Gasteiger partial charge in [0.15, 0.2) is 0 Å². The van der Waals surface area contributed by atoms with Crippen LogP contribution in [0, 0.1) is 0 Å². The van der Waals surface area contributed by atoms with Crippen molar-refractivity contribution in [1.82, 2.24) is 4.57 Å². The summed E-state index contributed by atoms with van der Waals surface area (Å²) < 4.78 is 9.30. The van der Waals surface area contributed by atoms with Gasteiger partial charge in [-0.25, -0.2) is 0 Å². The molecule has 0 atom stereocenters. The summed E-state index contributed by atoms with van der Waals surface area (Å²) in [6.07, 6.45) is 0. The molecule has 0 aliphatic carbocycles. The van der Waals surface area contributed by atoms with Crippen molar-refractivity contribution in [1.29, 1.82) is 0 Å². The SMILES string of the molecule is CCOC(=O)c1ccc2c([Se]c3ccccc3)c(-c3ccc4ccccc4c3)n(C(C)=O)c2c1. The molecule has 0 amide bonds. The van der Waals surface area contributed by atoms with Crippen molar-refractivity contribution < 1.29 is 14.3 Å². The predicted molar refractivity (Wildman–Crippen MR) is 139 cm³/mol. The molecule has 0 saturated heterocycles. The van der Waals surface area contributed by atoms with Crippen LogP contribution in [-0.4, -0.2) is 38.0 Å². The molecule has 0 aliphatic heterocycles. The van der Waals surface area contributed by atoms with Crippen LogP contribution < -0.4 is 8.92 Å². The molecule has 0 unspecified atom stereocenters. The fourth-order valence-corrected chi connectivity index (χ4v) is 6.58. The van der Waals surface area contributed by atoms with Crippen LogP contribution in [0.4, 0.5) is 0 Å². The fourth-order valence-electron chi connectivity index (χ4n) is 4.23. The van der Waals surface area contributed by atoms with Gasteiger partial charge >= 0.3 is 205 Å². The normalized spacial score (nSPS) is 11.1. The summed E-state index contributed by atoms with van der Waals surface area (Å²) >= 11 is -0.0490. The third-order valence-electron chi connectivity index (χ3n) is 5.73. The molecule has 0 aliphatic rings. The van der Waals surface area contributed by atoms with E-state index in [1.165, 1.54) is 4.46 Å². The van der Waals surface area contributed by atoms with E-state index in [9.17, 15) is 9.59 Å². The van der Waals surface area contributed by atoms with E-state index in [-0.39, 0.29) is 26.8 Å². The van der Waals surface area contributed by atoms with Crippen molar-refractivity contribution in [3.63, 3.8) is 0 Å². The fraction of sp³-hybridized carbons (Fsp3) is 0.103. The number of hydrogen-bond acceptors (Lipinski definition) is 3. The standard InChI is InChI=1S/C29H23NO3Se/c1-3-33-29(32)23-15-16-25-26(18-23)30(19(2)31)27(28(25)34-24-11-5-4-6-12-24)22-14-13-20-9-7-8-10-21(20)17-22/h4-18H,3H2,1-2H3. The number of nitrogens with zero attached hydrogens (tertiary/aromatic N) is 1. The molecule has 0 bridgehead atoms. The van der Waals surface area contributed by atoms with E-state index < -0.39 is 0 Å². The summed E-state index contributed by atoms with van der Waals surface area (Å²) in [7, 11) is 0. The van der Waals surface area contributed by atoms with Gasteiger partial charge in [-0.3, -0.25) is 0 Å². The maximum absolute atomic E-state index is 13.0. The van der Waals surface area contributed by atoms with E-state index in [0.717, 1.165) is 37.4 Å². The minimum atomic E-state index is -0.386. The molecular weight excluding hydrogens is 489 g/mol. The molecule has 4 nitrogen and oxygen atoms in total. The summed E-state index contributed by atoms with van der Waals surface area (Å²) in [5, 5.41) is 3.25. The summed E-state index contributed by atoms with van der Waals surface area (Å²) in [6.45, 7) is 3.66. The molecule has 34 heavy (non-hydrogen) atoms. The van der Waals surface area contributed by atoms with Crippen LogP contribution in [0.2, 0.25) is 0 Å². The van der Waals surface area contributed by atoms with Crippen LogP contribution in [-0.2, 0) is 4.74 Å². The number of fused-ring (bicyclic) bond motifs is 2. The Labute approximate surface area is 204 Å². The van der Waals surface area contributed by atoms with Crippen LogP contribution in [0.25, 0.3) is 32.9 Å². The van der Waals surface area contributed by atoms with Crippen LogP contribution in [0.1, 0.15) is 29.0 Å². The van der Waals surface area contributed by atoms with Gasteiger partial charge in [0, 0.05) is 0 Å². The second-order valence-corrected chi connectivity index (χ2v) is 10.2. The molecule has 5 heteroatoms. The van der Waals surface area contributed by atoms with Crippen LogP contribution in [0.15, 0.2) is 91.0 Å². The van der Waals surface area contributed by atoms with Gasteiger partial charge in [0.05, 0.1) is 0 Å². The Bertz CT molecular complexity index is 1540. The molecule has 5 aromatic rings. The summed E-state index contributed by atoms with van der Waals surface area (Å²) in [5.74, 6) is -0.479. The number of carbonyl (C=O) groups is 2. The van der Waals surface area contributed by atoms with Crippen LogP contribution >= 0.6 is 0 Å². The van der Waals surface area contributed by atoms with Crippen LogP contribution in [0.5, 0.6) is 0 Å². The Kier molecular flexibility index (Phi) is 6.06. The summed E-state index contributed by atoms with van der Waals surface area (Å²) in [6, 6.07) is 30.4. The summed E-state index contributed by atoms with van der Waals surface area (Å²) in [4.78, 5) is 25.5. The van der Waals surface area contributed by atoms with Crippen molar-refractivity contribution in [3.8, 4) is 11.3 Å².